The van der Waals surface area contributed by atoms with E-state index in [1.165, 1.54) is 0 Å². The van der Waals surface area contributed by atoms with Crippen molar-refractivity contribution in [1.82, 2.24) is 0 Å². The first-order valence-electron chi connectivity index (χ1n) is 2.65. The van der Waals surface area contributed by atoms with E-state index in [2.05, 4.69) is 0 Å². The maximum Gasteiger partial charge on any atom is 0.237 e. The Balaban J connectivity index is 3.85. The number of hydrogen-bond acceptors (Lipinski definition) is 2. The summed E-state index contributed by atoms with van der Waals surface area (Å²) >= 11 is 5.34. The smallest absolute Gasteiger partial charge is 0.237 e. The van der Waals surface area contributed by atoms with Crippen molar-refractivity contribution in [3.8, 4) is 0 Å². The van der Waals surface area contributed by atoms with Gasteiger partial charge in [-0.2, -0.15) is 0 Å². The summed E-state index contributed by atoms with van der Waals surface area (Å²) in [5.41, 5.74) is 9.40. The van der Waals surface area contributed by atoms with E-state index in [1.807, 2.05) is 0 Å². The number of amides is 1. The zero-order valence-electron chi connectivity index (χ0n) is 5.36. The van der Waals surface area contributed by atoms with Gasteiger partial charge in [0, 0.05) is 5.88 Å². The van der Waals surface area contributed by atoms with Gasteiger partial charge in [-0.25, -0.2) is 0 Å². The van der Waals surface area contributed by atoms with Crippen LogP contribution < -0.4 is 11.5 Å². The molecule has 1 amide bonds. The lowest BCUT2D eigenvalue weighted by Gasteiger charge is -2.17. The van der Waals surface area contributed by atoms with Gasteiger partial charge < -0.3 is 11.5 Å². The van der Waals surface area contributed by atoms with Crippen molar-refractivity contribution in [3.05, 3.63) is 0 Å². The zero-order chi connectivity index (χ0) is 7.49. The van der Waals surface area contributed by atoms with Crippen molar-refractivity contribution in [1.29, 1.82) is 0 Å². The number of alkyl halides is 1. The first-order chi connectivity index (χ1) is 4.00. The lowest BCUT2D eigenvalue weighted by Crippen LogP contribution is -2.49. The summed E-state index contributed by atoms with van der Waals surface area (Å²) in [6, 6.07) is 0. The van der Waals surface area contributed by atoms with E-state index < -0.39 is 11.4 Å². The topological polar surface area (TPSA) is 69.1 Å². The quantitative estimate of drug-likeness (QED) is 0.548. The van der Waals surface area contributed by atoms with Gasteiger partial charge in [0.15, 0.2) is 0 Å². The maximum absolute atomic E-state index is 10.4. The molecule has 54 valence electrons. The van der Waals surface area contributed by atoms with E-state index >= 15 is 0 Å². The summed E-state index contributed by atoms with van der Waals surface area (Å²) in [6.07, 6.45) is 0.421. The minimum atomic E-state index is -0.943. The molecule has 1 unspecified atom stereocenters. The molecule has 0 spiro atoms. The molecule has 0 aliphatic carbocycles. The number of nitrogens with two attached hydrogens (primary N) is 2. The lowest BCUT2D eigenvalue weighted by atomic mass is 10.0. The van der Waals surface area contributed by atoms with Crippen molar-refractivity contribution in [3.63, 3.8) is 0 Å². The van der Waals surface area contributed by atoms with Gasteiger partial charge in [-0.1, -0.05) is 0 Å². The van der Waals surface area contributed by atoms with Crippen LogP contribution in [0.1, 0.15) is 13.3 Å². The predicted octanol–water partition coefficient (Wildman–Crippen LogP) is -0.182. The fourth-order valence-corrected chi connectivity index (χ4v) is 0.712. The van der Waals surface area contributed by atoms with Crippen molar-refractivity contribution >= 4 is 17.5 Å². The van der Waals surface area contributed by atoms with Crippen LogP contribution in [0, 0.1) is 0 Å². The van der Waals surface area contributed by atoms with Crippen LogP contribution in [0.3, 0.4) is 0 Å². The van der Waals surface area contributed by atoms with Gasteiger partial charge in [-0.3, -0.25) is 4.79 Å². The zero-order valence-corrected chi connectivity index (χ0v) is 6.11. The van der Waals surface area contributed by atoms with Crippen LogP contribution in [0.4, 0.5) is 0 Å². The Kier molecular flexibility index (Phi) is 2.94. The molecular weight excluding hydrogens is 140 g/mol. The maximum atomic E-state index is 10.4. The molecule has 0 aliphatic rings. The monoisotopic (exact) mass is 150 g/mol. The Morgan fingerprint density at radius 3 is 2.33 bits per heavy atom. The molecule has 0 aromatic carbocycles. The van der Waals surface area contributed by atoms with Gasteiger partial charge in [0.25, 0.3) is 0 Å². The number of carbonyl (C=O) groups excluding carboxylic acids is 1. The molecule has 0 aromatic heterocycles. The van der Waals surface area contributed by atoms with Gasteiger partial charge in [-0.15, -0.1) is 11.6 Å². The summed E-state index contributed by atoms with van der Waals surface area (Å²) in [7, 11) is 0. The first-order valence-corrected chi connectivity index (χ1v) is 3.19. The Morgan fingerprint density at radius 1 is 1.78 bits per heavy atom. The van der Waals surface area contributed by atoms with Crippen LogP contribution in [-0.2, 0) is 4.79 Å². The summed E-state index contributed by atoms with van der Waals surface area (Å²) in [6.45, 7) is 1.57. The van der Waals surface area contributed by atoms with Crippen LogP contribution in [0.5, 0.6) is 0 Å². The Bertz CT molecular complexity index is 114. The summed E-state index contributed by atoms with van der Waals surface area (Å²) in [4.78, 5) is 10.4. The molecule has 4 N–H and O–H groups in total. The Hall–Kier alpha value is -0.280. The highest BCUT2D eigenvalue weighted by atomic mass is 35.5. The van der Waals surface area contributed by atoms with E-state index in [9.17, 15) is 4.79 Å². The molecule has 4 heteroatoms. The van der Waals surface area contributed by atoms with Gasteiger partial charge in [0.05, 0.1) is 5.54 Å². The molecule has 0 rings (SSSR count). The van der Waals surface area contributed by atoms with E-state index in [1.54, 1.807) is 6.92 Å². The summed E-state index contributed by atoms with van der Waals surface area (Å²) in [5.74, 6) is -0.154. The summed E-state index contributed by atoms with van der Waals surface area (Å²) < 4.78 is 0. The van der Waals surface area contributed by atoms with Crippen molar-refractivity contribution in [2.75, 3.05) is 5.88 Å². The third kappa shape index (κ3) is 2.67. The van der Waals surface area contributed by atoms with E-state index in [0.29, 0.717) is 12.3 Å². The highest BCUT2D eigenvalue weighted by Crippen LogP contribution is 2.04. The molecule has 0 saturated heterocycles. The van der Waals surface area contributed by atoms with Crippen LogP contribution in [0.15, 0.2) is 0 Å². The van der Waals surface area contributed by atoms with Gasteiger partial charge in [0.2, 0.25) is 5.91 Å². The third-order valence-electron chi connectivity index (χ3n) is 1.18. The first kappa shape index (κ1) is 8.72. The van der Waals surface area contributed by atoms with Crippen molar-refractivity contribution in [2.24, 2.45) is 11.5 Å². The number of hydrogen-bond donors (Lipinski definition) is 2. The second-order valence-corrected chi connectivity index (χ2v) is 2.60. The molecule has 0 radical (unpaired) electrons. The van der Waals surface area contributed by atoms with Gasteiger partial charge in [0.1, 0.15) is 0 Å². The largest absolute Gasteiger partial charge is 0.368 e. The molecule has 9 heavy (non-hydrogen) atoms. The molecule has 0 fully saturated rings. The minimum absolute atomic E-state index is 0.357. The number of rotatable bonds is 3. The van der Waals surface area contributed by atoms with E-state index in [-0.39, 0.29) is 0 Å². The molecule has 3 nitrogen and oxygen atoms in total. The number of primary amides is 1. The fraction of sp³-hybridized carbons (Fsp3) is 0.800. The standard InChI is InChI=1S/C5H11ClN2O/c1-5(8,2-3-6)4(7)9/h2-3,8H2,1H3,(H2,7,9). The minimum Gasteiger partial charge on any atom is -0.368 e. The van der Waals surface area contributed by atoms with Crippen molar-refractivity contribution < 1.29 is 4.79 Å². The van der Waals surface area contributed by atoms with E-state index in [4.69, 9.17) is 23.1 Å². The summed E-state index contributed by atoms with van der Waals surface area (Å²) in [5, 5.41) is 0. The molecular formula is C5H11ClN2O. The molecule has 0 aromatic rings. The van der Waals surface area contributed by atoms with Crippen LogP contribution in [0.2, 0.25) is 0 Å². The SMILES string of the molecule is CC(N)(CCCl)C(N)=O. The van der Waals surface area contributed by atoms with E-state index in [0.717, 1.165) is 0 Å². The second kappa shape index (κ2) is 3.03. The van der Waals surface area contributed by atoms with Crippen LogP contribution >= 0.6 is 11.6 Å². The van der Waals surface area contributed by atoms with Gasteiger partial charge >= 0.3 is 0 Å². The average Bonchev–Trinajstić information content (AvgIpc) is 1.65. The van der Waals surface area contributed by atoms with Gasteiger partial charge in [-0.05, 0) is 13.3 Å². The Morgan fingerprint density at radius 2 is 2.22 bits per heavy atom. The lowest BCUT2D eigenvalue weighted by molar-refractivity contribution is -0.122. The fourth-order valence-electron chi connectivity index (χ4n) is 0.319. The Labute approximate surface area is 59.3 Å². The highest BCUT2D eigenvalue weighted by molar-refractivity contribution is 6.18. The molecule has 0 saturated carbocycles. The number of halogens is 1. The van der Waals surface area contributed by atoms with Crippen molar-refractivity contribution in [2.45, 2.75) is 18.9 Å². The second-order valence-electron chi connectivity index (χ2n) is 2.22. The third-order valence-corrected chi connectivity index (χ3v) is 1.37. The predicted molar refractivity (Wildman–Crippen MR) is 37.1 cm³/mol. The molecule has 0 bridgehead atoms. The molecule has 1 atom stereocenters. The van der Waals surface area contributed by atoms with Crippen LogP contribution in [-0.4, -0.2) is 17.3 Å². The average molecular weight is 151 g/mol. The number of carbonyl (C=O) groups is 1. The highest BCUT2D eigenvalue weighted by Gasteiger charge is 2.23. The van der Waals surface area contributed by atoms with Crippen LogP contribution in [0.25, 0.3) is 0 Å². The normalized spacial score (nSPS) is 16.8. The molecule has 0 heterocycles. The molecule has 0 aliphatic heterocycles.